The standard InChI is InChI=1S/C19H20Cl3N5O4S/c20-12-2-1-3-13(10-12)25-19(29)26-8-9-27(18(26)17(28)24-7-6-23)32(30,31)14-4-5-15(21)16(22)11-14/h1-5,10-11,18H,6-9,23H2,(H,24,28)(H,25,29). The number of carbonyl (C=O) groups is 2. The van der Waals surface area contributed by atoms with Gasteiger partial charge >= 0.3 is 6.03 Å². The van der Waals surface area contributed by atoms with Gasteiger partial charge in [0, 0.05) is 36.9 Å². The molecule has 3 amide bonds. The number of amides is 3. The summed E-state index contributed by atoms with van der Waals surface area (Å²) in [6.07, 6.45) is -1.43. The van der Waals surface area contributed by atoms with Gasteiger partial charge < -0.3 is 16.4 Å². The Hall–Kier alpha value is -2.08. The van der Waals surface area contributed by atoms with Gasteiger partial charge in [-0.1, -0.05) is 40.9 Å². The first-order valence-corrected chi connectivity index (χ1v) is 12.0. The summed E-state index contributed by atoms with van der Waals surface area (Å²) >= 11 is 17.8. The lowest BCUT2D eigenvalue weighted by atomic mass is 10.3. The Balaban J connectivity index is 1.92. The van der Waals surface area contributed by atoms with E-state index in [0.29, 0.717) is 10.7 Å². The minimum Gasteiger partial charge on any atom is -0.352 e. The van der Waals surface area contributed by atoms with Crippen molar-refractivity contribution < 1.29 is 18.0 Å². The van der Waals surface area contributed by atoms with Crippen molar-refractivity contribution in [3.8, 4) is 0 Å². The first-order chi connectivity index (χ1) is 15.1. The highest BCUT2D eigenvalue weighted by Crippen LogP contribution is 2.30. The molecule has 4 N–H and O–H groups in total. The van der Waals surface area contributed by atoms with Crippen molar-refractivity contribution in [3.05, 3.63) is 57.5 Å². The molecule has 1 unspecified atom stereocenters. The Morgan fingerprint density at radius 1 is 1.06 bits per heavy atom. The summed E-state index contributed by atoms with van der Waals surface area (Å²) in [4.78, 5) is 26.8. The van der Waals surface area contributed by atoms with Crippen molar-refractivity contribution in [2.24, 2.45) is 5.73 Å². The van der Waals surface area contributed by atoms with Crippen molar-refractivity contribution in [1.82, 2.24) is 14.5 Å². The van der Waals surface area contributed by atoms with Crippen LogP contribution in [0.15, 0.2) is 47.4 Å². The van der Waals surface area contributed by atoms with Gasteiger partial charge in [0.2, 0.25) is 10.0 Å². The van der Waals surface area contributed by atoms with Crippen LogP contribution in [0.5, 0.6) is 0 Å². The van der Waals surface area contributed by atoms with Crippen LogP contribution in [-0.2, 0) is 14.8 Å². The molecule has 13 heteroatoms. The third kappa shape index (κ3) is 5.28. The van der Waals surface area contributed by atoms with Crippen molar-refractivity contribution in [1.29, 1.82) is 0 Å². The number of halogens is 3. The van der Waals surface area contributed by atoms with Crippen LogP contribution < -0.4 is 16.4 Å². The van der Waals surface area contributed by atoms with Gasteiger partial charge in [-0.25, -0.2) is 13.2 Å². The Labute approximate surface area is 200 Å². The lowest BCUT2D eigenvalue weighted by Crippen LogP contribution is -2.55. The average molecular weight is 521 g/mol. The normalized spacial score (nSPS) is 16.8. The second kappa shape index (κ2) is 10.2. The summed E-state index contributed by atoms with van der Waals surface area (Å²) in [6, 6.07) is 9.61. The molecule has 0 spiro atoms. The zero-order chi connectivity index (χ0) is 23.5. The highest BCUT2D eigenvalue weighted by Gasteiger charge is 2.46. The molecule has 0 aliphatic carbocycles. The van der Waals surface area contributed by atoms with Gasteiger partial charge in [-0.3, -0.25) is 9.69 Å². The quantitative estimate of drug-likeness (QED) is 0.540. The lowest BCUT2D eigenvalue weighted by molar-refractivity contribution is -0.127. The van der Waals surface area contributed by atoms with Gasteiger partial charge in [0.1, 0.15) is 0 Å². The first-order valence-electron chi connectivity index (χ1n) is 9.43. The first kappa shape index (κ1) is 24.6. The zero-order valence-electron chi connectivity index (χ0n) is 16.6. The van der Waals surface area contributed by atoms with Crippen molar-refractivity contribution in [2.75, 3.05) is 31.5 Å². The number of hydrogen-bond donors (Lipinski definition) is 3. The predicted molar refractivity (Wildman–Crippen MR) is 123 cm³/mol. The molecule has 3 rings (SSSR count). The molecule has 1 atom stereocenters. The molecule has 9 nitrogen and oxygen atoms in total. The van der Waals surface area contributed by atoms with Gasteiger partial charge in [0.25, 0.3) is 5.91 Å². The maximum absolute atomic E-state index is 13.3. The van der Waals surface area contributed by atoms with Crippen LogP contribution in [0.25, 0.3) is 0 Å². The molecule has 172 valence electrons. The molecule has 0 bridgehead atoms. The largest absolute Gasteiger partial charge is 0.352 e. The highest BCUT2D eigenvalue weighted by atomic mass is 35.5. The molecule has 1 aliphatic rings. The van der Waals surface area contributed by atoms with E-state index in [2.05, 4.69) is 10.6 Å². The number of nitrogens with one attached hydrogen (secondary N) is 2. The molecule has 0 saturated carbocycles. The number of hydrogen-bond acceptors (Lipinski definition) is 5. The van der Waals surface area contributed by atoms with Gasteiger partial charge in [0.15, 0.2) is 6.17 Å². The second-order valence-corrected chi connectivity index (χ2v) is 9.92. The highest BCUT2D eigenvalue weighted by molar-refractivity contribution is 7.89. The van der Waals surface area contributed by atoms with Crippen LogP contribution >= 0.6 is 34.8 Å². The van der Waals surface area contributed by atoms with Crippen LogP contribution in [0.3, 0.4) is 0 Å². The van der Waals surface area contributed by atoms with Crippen LogP contribution in [0, 0.1) is 0 Å². The van der Waals surface area contributed by atoms with E-state index in [0.717, 1.165) is 9.21 Å². The maximum Gasteiger partial charge on any atom is 0.323 e. The van der Waals surface area contributed by atoms with Crippen LogP contribution in [0.1, 0.15) is 0 Å². The summed E-state index contributed by atoms with van der Waals surface area (Å²) in [5.74, 6) is -0.683. The van der Waals surface area contributed by atoms with E-state index in [1.807, 2.05) is 0 Å². The van der Waals surface area contributed by atoms with E-state index in [4.69, 9.17) is 40.5 Å². The molecule has 1 saturated heterocycles. The zero-order valence-corrected chi connectivity index (χ0v) is 19.7. The number of benzene rings is 2. The van der Waals surface area contributed by atoms with E-state index in [-0.39, 0.29) is 41.1 Å². The predicted octanol–water partition coefficient (Wildman–Crippen LogP) is 2.59. The minimum atomic E-state index is -4.19. The summed E-state index contributed by atoms with van der Waals surface area (Å²) in [5, 5.41) is 5.82. The Kier molecular flexibility index (Phi) is 7.86. The van der Waals surface area contributed by atoms with Crippen molar-refractivity contribution in [2.45, 2.75) is 11.1 Å². The Morgan fingerprint density at radius 2 is 1.81 bits per heavy atom. The molecule has 1 aliphatic heterocycles. The molecule has 0 radical (unpaired) electrons. The minimum absolute atomic E-state index is 0.0202. The maximum atomic E-state index is 13.3. The monoisotopic (exact) mass is 519 g/mol. The number of carbonyl (C=O) groups excluding carboxylic acids is 2. The third-order valence-electron chi connectivity index (χ3n) is 4.64. The number of rotatable bonds is 6. The number of nitrogens with two attached hydrogens (primary N) is 1. The van der Waals surface area contributed by atoms with Crippen molar-refractivity contribution in [3.63, 3.8) is 0 Å². The van der Waals surface area contributed by atoms with E-state index in [9.17, 15) is 18.0 Å². The summed E-state index contributed by atoms with van der Waals surface area (Å²) < 4.78 is 27.5. The van der Waals surface area contributed by atoms with Gasteiger partial charge in [-0.05, 0) is 36.4 Å². The summed E-state index contributed by atoms with van der Waals surface area (Å²) in [5.41, 5.74) is 5.85. The van der Waals surface area contributed by atoms with E-state index in [1.54, 1.807) is 18.2 Å². The van der Waals surface area contributed by atoms with E-state index >= 15 is 0 Å². The number of nitrogens with zero attached hydrogens (tertiary/aromatic N) is 2. The number of anilines is 1. The Bertz CT molecular complexity index is 1130. The van der Waals surface area contributed by atoms with Gasteiger partial charge in [-0.2, -0.15) is 4.31 Å². The molecule has 2 aromatic carbocycles. The van der Waals surface area contributed by atoms with Gasteiger partial charge in [-0.15, -0.1) is 0 Å². The van der Waals surface area contributed by atoms with Crippen LogP contribution in [0.2, 0.25) is 15.1 Å². The fourth-order valence-corrected chi connectivity index (χ4v) is 5.29. The molecule has 1 heterocycles. The number of urea groups is 1. The number of sulfonamides is 1. The van der Waals surface area contributed by atoms with Crippen LogP contribution in [-0.4, -0.2) is 61.9 Å². The molecule has 1 fully saturated rings. The molecule has 2 aromatic rings. The van der Waals surface area contributed by atoms with Crippen LogP contribution in [0.4, 0.5) is 10.5 Å². The fraction of sp³-hybridized carbons (Fsp3) is 0.263. The lowest BCUT2D eigenvalue weighted by Gasteiger charge is -2.28. The van der Waals surface area contributed by atoms with E-state index < -0.39 is 28.1 Å². The SMILES string of the molecule is NCCNC(=O)C1N(C(=O)Nc2cccc(Cl)c2)CCN1S(=O)(=O)c1ccc(Cl)c(Cl)c1. The van der Waals surface area contributed by atoms with Crippen molar-refractivity contribution >= 4 is 62.5 Å². The fourth-order valence-electron chi connectivity index (χ4n) is 3.16. The molecule has 0 aromatic heterocycles. The topological polar surface area (TPSA) is 125 Å². The van der Waals surface area contributed by atoms with Gasteiger partial charge in [0.05, 0.1) is 14.9 Å². The van der Waals surface area contributed by atoms with E-state index in [1.165, 1.54) is 24.3 Å². The smallest absolute Gasteiger partial charge is 0.323 e. The molecular formula is C19H20Cl3N5O4S. The summed E-state index contributed by atoms with van der Waals surface area (Å²) in [7, 11) is -4.19. The second-order valence-electron chi connectivity index (χ2n) is 6.78. The summed E-state index contributed by atoms with van der Waals surface area (Å²) in [6.45, 7) is 0.131. The molecule has 32 heavy (non-hydrogen) atoms. The average Bonchev–Trinajstić information content (AvgIpc) is 3.20. The third-order valence-corrected chi connectivity index (χ3v) is 7.47. The Morgan fingerprint density at radius 3 is 2.47 bits per heavy atom. The molecular weight excluding hydrogens is 501 g/mol.